The van der Waals surface area contributed by atoms with Crippen LogP contribution in [0.4, 0.5) is 11.8 Å². The Balaban J connectivity index is 1.21. The Morgan fingerprint density at radius 2 is 1.68 bits per heavy atom. The van der Waals surface area contributed by atoms with Gasteiger partial charge < -0.3 is 5.73 Å². The van der Waals surface area contributed by atoms with Crippen molar-refractivity contribution < 1.29 is 4.79 Å². The first kappa shape index (κ1) is 23.8. The number of anilines is 2. The average molecular weight is 524 g/mol. The molecule has 40 heavy (non-hydrogen) atoms. The molecule has 0 saturated heterocycles. The van der Waals surface area contributed by atoms with E-state index >= 15 is 0 Å². The molecular formula is C32H25N7O. The molecule has 3 aliphatic rings. The number of nitrogens with zero attached hydrogens (tertiary/aromatic N) is 4. The second-order valence-electron chi connectivity index (χ2n) is 10.7. The van der Waals surface area contributed by atoms with Gasteiger partial charge in [-0.2, -0.15) is 10.2 Å². The summed E-state index contributed by atoms with van der Waals surface area (Å²) in [4.78, 5) is 22.8. The van der Waals surface area contributed by atoms with E-state index in [1.54, 1.807) is 12.3 Å². The molecule has 3 aromatic carbocycles. The number of H-pyrrole nitrogens is 1. The minimum atomic E-state index is -0.907. The topological polar surface area (TPSA) is 133 Å². The normalized spacial score (nSPS) is 22.1. The van der Waals surface area contributed by atoms with Gasteiger partial charge in [0.2, 0.25) is 11.9 Å². The van der Waals surface area contributed by atoms with E-state index in [9.17, 15) is 10.1 Å². The van der Waals surface area contributed by atoms with Crippen LogP contribution in [-0.4, -0.2) is 26.1 Å². The molecule has 8 rings (SSSR count). The highest BCUT2D eigenvalue weighted by atomic mass is 16.2. The fourth-order valence-electron chi connectivity index (χ4n) is 6.60. The van der Waals surface area contributed by atoms with Crippen LogP contribution in [0.5, 0.6) is 0 Å². The summed E-state index contributed by atoms with van der Waals surface area (Å²) in [5.41, 5.74) is 10.7. The molecule has 0 saturated carbocycles. The molecule has 3 aliphatic carbocycles. The Morgan fingerprint density at radius 1 is 0.975 bits per heavy atom. The van der Waals surface area contributed by atoms with Crippen molar-refractivity contribution in [2.45, 2.75) is 24.7 Å². The lowest BCUT2D eigenvalue weighted by molar-refractivity contribution is -0.127. The van der Waals surface area contributed by atoms with Crippen LogP contribution in [0.2, 0.25) is 0 Å². The Hall–Kier alpha value is -5.29. The van der Waals surface area contributed by atoms with Crippen LogP contribution in [-0.2, 0) is 10.2 Å². The zero-order valence-corrected chi connectivity index (χ0v) is 21.7. The smallest absolute Gasteiger partial charge is 0.249 e. The molecule has 0 spiro atoms. The van der Waals surface area contributed by atoms with Crippen LogP contribution in [0.3, 0.4) is 0 Å². The van der Waals surface area contributed by atoms with Gasteiger partial charge in [0.05, 0.1) is 11.5 Å². The highest BCUT2D eigenvalue weighted by Crippen LogP contribution is 2.63. The maximum absolute atomic E-state index is 14.0. The molecule has 1 atom stereocenters. The van der Waals surface area contributed by atoms with Crippen molar-refractivity contribution in [1.82, 2.24) is 20.2 Å². The summed E-state index contributed by atoms with van der Waals surface area (Å²) in [6, 6.07) is 30.1. The fourth-order valence-corrected chi connectivity index (χ4v) is 6.60. The van der Waals surface area contributed by atoms with Crippen molar-refractivity contribution in [1.29, 1.82) is 5.26 Å². The number of benzene rings is 3. The molecular weight excluding hydrogens is 498 g/mol. The number of hydrogen-bond acceptors (Lipinski definition) is 6. The van der Waals surface area contributed by atoms with Crippen molar-refractivity contribution in [3.8, 4) is 28.6 Å². The number of fused-ring (bicyclic) bond motifs is 1. The Morgan fingerprint density at radius 3 is 2.35 bits per heavy atom. The van der Waals surface area contributed by atoms with Crippen molar-refractivity contribution in [2.24, 2.45) is 5.41 Å². The number of carbonyl (C=O) groups excluding carboxylic acids is 1. The Bertz CT molecular complexity index is 1790. The molecule has 0 aliphatic heterocycles. The number of carbonyl (C=O) groups is 1. The number of rotatable bonds is 4. The third kappa shape index (κ3) is 3.38. The predicted molar refractivity (Wildman–Crippen MR) is 152 cm³/mol. The van der Waals surface area contributed by atoms with Crippen LogP contribution in [0.1, 0.15) is 41.5 Å². The van der Waals surface area contributed by atoms with Crippen LogP contribution >= 0.6 is 0 Å². The van der Waals surface area contributed by atoms with Crippen LogP contribution in [0, 0.1) is 16.7 Å². The van der Waals surface area contributed by atoms with Gasteiger partial charge in [-0.25, -0.2) is 4.98 Å². The zero-order valence-electron chi connectivity index (χ0n) is 21.7. The number of nitriles is 1. The van der Waals surface area contributed by atoms with Gasteiger partial charge in [-0.15, -0.1) is 5.10 Å². The van der Waals surface area contributed by atoms with Gasteiger partial charge in [0.15, 0.2) is 5.82 Å². The third-order valence-corrected chi connectivity index (χ3v) is 8.41. The van der Waals surface area contributed by atoms with Crippen molar-refractivity contribution >= 4 is 17.7 Å². The molecule has 4 N–H and O–H groups in total. The van der Waals surface area contributed by atoms with E-state index in [0.717, 1.165) is 38.9 Å². The fraction of sp³-hybridized carbons (Fsp3) is 0.156. The number of nitrogens with two attached hydrogens (primary N) is 1. The second kappa shape index (κ2) is 8.61. The first-order chi connectivity index (χ1) is 19.4. The molecule has 2 bridgehead atoms. The first-order valence-electron chi connectivity index (χ1n) is 13.1. The van der Waals surface area contributed by atoms with Gasteiger partial charge in [-0.1, -0.05) is 66.7 Å². The molecule has 2 aromatic heterocycles. The SMILES string of the molecule is CC1(C(=O)Nc2n[nH]c(-c3cccc(-c4ccc(N)nc4)c3)n2)CC2(C#N)c3ccccc3C1c1ccccc12. The lowest BCUT2D eigenvalue weighted by Crippen LogP contribution is -2.53. The molecule has 8 nitrogen and oxygen atoms in total. The van der Waals surface area contributed by atoms with Crippen molar-refractivity contribution in [3.63, 3.8) is 0 Å². The van der Waals surface area contributed by atoms with Crippen LogP contribution in [0.15, 0.2) is 91.1 Å². The van der Waals surface area contributed by atoms with E-state index in [4.69, 9.17) is 5.73 Å². The minimum absolute atomic E-state index is 0.190. The van der Waals surface area contributed by atoms with Gasteiger partial charge in [0.25, 0.3) is 0 Å². The number of pyridine rings is 1. The number of aromatic amines is 1. The van der Waals surface area contributed by atoms with E-state index in [-0.39, 0.29) is 17.8 Å². The monoisotopic (exact) mass is 523 g/mol. The summed E-state index contributed by atoms with van der Waals surface area (Å²) in [7, 11) is 0. The maximum Gasteiger partial charge on any atom is 0.249 e. The summed E-state index contributed by atoms with van der Waals surface area (Å²) >= 11 is 0. The van der Waals surface area contributed by atoms with Crippen molar-refractivity contribution in [3.05, 3.63) is 113 Å². The molecule has 5 aromatic rings. The summed E-state index contributed by atoms with van der Waals surface area (Å²) in [5, 5.41) is 20.8. The summed E-state index contributed by atoms with van der Waals surface area (Å²) < 4.78 is 0. The van der Waals surface area contributed by atoms with E-state index < -0.39 is 10.8 Å². The number of nitrogens with one attached hydrogen (secondary N) is 2. The van der Waals surface area contributed by atoms with Crippen molar-refractivity contribution in [2.75, 3.05) is 11.1 Å². The summed E-state index contributed by atoms with van der Waals surface area (Å²) in [6.07, 6.45) is 2.10. The third-order valence-electron chi connectivity index (χ3n) is 8.41. The number of aromatic nitrogens is 4. The quantitative estimate of drug-likeness (QED) is 0.288. The Labute approximate surface area is 230 Å². The van der Waals surface area contributed by atoms with E-state index in [0.29, 0.717) is 18.1 Å². The first-order valence-corrected chi connectivity index (χ1v) is 13.1. The lowest BCUT2D eigenvalue weighted by atomic mass is 9.47. The van der Waals surface area contributed by atoms with Gasteiger partial charge in [0, 0.05) is 23.2 Å². The van der Waals surface area contributed by atoms with E-state index in [1.165, 1.54) is 0 Å². The average Bonchev–Trinajstić information content (AvgIpc) is 3.46. The molecule has 8 heteroatoms. The second-order valence-corrected chi connectivity index (χ2v) is 10.7. The molecule has 1 unspecified atom stereocenters. The van der Waals surface area contributed by atoms with Gasteiger partial charge >= 0.3 is 0 Å². The molecule has 0 fully saturated rings. The largest absolute Gasteiger partial charge is 0.384 e. The zero-order chi connectivity index (χ0) is 27.5. The van der Waals surface area contributed by atoms with Gasteiger partial charge in [0.1, 0.15) is 11.2 Å². The highest BCUT2D eigenvalue weighted by Gasteiger charge is 2.61. The standard InChI is InChI=1S/C32H25N7O/c1-31(17-32(18-33)24-11-4-2-9-22(24)27(31)23-10-3-5-12-25(23)32)29(40)37-30-36-28(38-39-30)20-8-6-7-19(15-20)21-13-14-26(34)35-16-21/h2-16,27H,17H2,1H3,(H2,34,35)(H2,36,37,38,39,40). The maximum atomic E-state index is 14.0. The van der Waals surface area contributed by atoms with Gasteiger partial charge in [-0.05, 0) is 59.4 Å². The summed E-state index contributed by atoms with van der Waals surface area (Å²) in [5.74, 6) is 0.769. The van der Waals surface area contributed by atoms with E-state index in [1.807, 2.05) is 85.8 Å². The minimum Gasteiger partial charge on any atom is -0.384 e. The summed E-state index contributed by atoms with van der Waals surface area (Å²) in [6.45, 7) is 1.95. The number of hydrogen-bond donors (Lipinski definition) is 3. The number of amides is 1. The molecule has 194 valence electrons. The Kier molecular flexibility index (Phi) is 5.12. The van der Waals surface area contributed by atoms with Crippen LogP contribution < -0.4 is 11.1 Å². The van der Waals surface area contributed by atoms with Gasteiger partial charge in [-0.3, -0.25) is 15.2 Å². The van der Waals surface area contributed by atoms with Crippen LogP contribution in [0.25, 0.3) is 22.5 Å². The van der Waals surface area contributed by atoms with E-state index in [2.05, 4.69) is 31.6 Å². The number of nitrogen functional groups attached to an aromatic ring is 1. The molecule has 2 heterocycles. The molecule has 0 radical (unpaired) electrons. The predicted octanol–water partition coefficient (Wildman–Crippen LogP) is 5.42. The molecule has 1 amide bonds. The lowest BCUT2D eigenvalue weighted by Gasteiger charge is -2.54. The highest BCUT2D eigenvalue weighted by molar-refractivity contribution is 5.96.